The molecule has 1 heterocycles. The summed E-state index contributed by atoms with van der Waals surface area (Å²) >= 11 is 1.91. The van der Waals surface area contributed by atoms with Crippen LogP contribution in [0, 0.1) is 12.3 Å². The third kappa shape index (κ3) is 1.54. The Balaban J connectivity index is 2.04. The molecule has 2 heteroatoms. The van der Waals surface area contributed by atoms with Crippen molar-refractivity contribution in [2.45, 2.75) is 26.2 Å². The Bertz CT molecular complexity index is 273. The van der Waals surface area contributed by atoms with Crippen molar-refractivity contribution in [3.8, 4) is 0 Å². The zero-order chi connectivity index (χ0) is 8.60. The molecule has 1 aliphatic rings. The van der Waals surface area contributed by atoms with Crippen LogP contribution < -0.4 is 5.73 Å². The highest BCUT2D eigenvalue weighted by Gasteiger charge is 2.41. The van der Waals surface area contributed by atoms with E-state index in [2.05, 4.69) is 19.1 Å². The summed E-state index contributed by atoms with van der Waals surface area (Å²) in [4.78, 5) is 2.92. The molecule has 0 aliphatic heterocycles. The van der Waals surface area contributed by atoms with E-state index in [1.54, 1.807) is 0 Å². The Labute approximate surface area is 77.6 Å². The van der Waals surface area contributed by atoms with Gasteiger partial charge in [0, 0.05) is 9.75 Å². The quantitative estimate of drug-likeness (QED) is 0.761. The summed E-state index contributed by atoms with van der Waals surface area (Å²) in [7, 11) is 0. The van der Waals surface area contributed by atoms with Crippen LogP contribution in [0.5, 0.6) is 0 Å². The summed E-state index contributed by atoms with van der Waals surface area (Å²) in [6, 6.07) is 4.45. The summed E-state index contributed by atoms with van der Waals surface area (Å²) in [5, 5.41) is 0. The van der Waals surface area contributed by atoms with Crippen LogP contribution in [0.4, 0.5) is 0 Å². The molecule has 0 bridgehead atoms. The van der Waals surface area contributed by atoms with Crippen molar-refractivity contribution in [2.24, 2.45) is 11.1 Å². The molecule has 1 aliphatic carbocycles. The second-order valence-electron chi connectivity index (χ2n) is 3.89. The molecule has 1 aromatic rings. The molecule has 12 heavy (non-hydrogen) atoms. The maximum absolute atomic E-state index is 5.73. The fraction of sp³-hybridized carbons (Fsp3) is 0.600. The SMILES string of the molecule is Cc1ccc(CC2(CN)CC2)s1. The van der Waals surface area contributed by atoms with Crippen LogP contribution in [0.15, 0.2) is 12.1 Å². The Kier molecular flexibility index (Phi) is 1.97. The first-order chi connectivity index (χ1) is 5.74. The van der Waals surface area contributed by atoms with E-state index in [4.69, 9.17) is 5.73 Å². The lowest BCUT2D eigenvalue weighted by molar-refractivity contribution is 0.525. The standard InChI is InChI=1S/C10H15NS/c1-8-2-3-9(12-8)6-10(7-11)4-5-10/h2-3H,4-7,11H2,1H3. The molecular weight excluding hydrogens is 166 g/mol. The molecule has 1 fully saturated rings. The van der Waals surface area contributed by atoms with E-state index in [9.17, 15) is 0 Å². The lowest BCUT2D eigenvalue weighted by Crippen LogP contribution is -2.17. The van der Waals surface area contributed by atoms with Crippen molar-refractivity contribution in [1.82, 2.24) is 0 Å². The lowest BCUT2D eigenvalue weighted by atomic mass is 10.0. The molecule has 2 N–H and O–H groups in total. The topological polar surface area (TPSA) is 26.0 Å². The van der Waals surface area contributed by atoms with E-state index in [-0.39, 0.29) is 0 Å². The normalized spacial score (nSPS) is 19.5. The first-order valence-corrected chi connectivity index (χ1v) is 5.31. The van der Waals surface area contributed by atoms with Gasteiger partial charge in [0.05, 0.1) is 0 Å². The van der Waals surface area contributed by atoms with Crippen LogP contribution in [-0.4, -0.2) is 6.54 Å². The Hall–Kier alpha value is -0.340. The van der Waals surface area contributed by atoms with Gasteiger partial charge in [-0.2, -0.15) is 0 Å². The van der Waals surface area contributed by atoms with Gasteiger partial charge in [0.25, 0.3) is 0 Å². The number of aryl methyl sites for hydroxylation is 1. The molecule has 1 nitrogen and oxygen atoms in total. The van der Waals surface area contributed by atoms with Crippen molar-refractivity contribution in [1.29, 1.82) is 0 Å². The molecular formula is C10H15NS. The minimum atomic E-state index is 0.497. The third-order valence-corrected chi connectivity index (χ3v) is 3.74. The zero-order valence-corrected chi connectivity index (χ0v) is 8.29. The van der Waals surface area contributed by atoms with Crippen molar-refractivity contribution in [3.05, 3.63) is 21.9 Å². The molecule has 2 rings (SSSR count). The highest BCUT2D eigenvalue weighted by Crippen LogP contribution is 2.47. The molecule has 0 spiro atoms. The van der Waals surface area contributed by atoms with E-state index in [1.165, 1.54) is 29.0 Å². The summed E-state index contributed by atoms with van der Waals surface area (Å²) in [6.45, 7) is 3.03. The van der Waals surface area contributed by atoms with E-state index >= 15 is 0 Å². The summed E-state index contributed by atoms with van der Waals surface area (Å²) < 4.78 is 0. The molecule has 0 aromatic carbocycles. The minimum Gasteiger partial charge on any atom is -0.330 e. The first-order valence-electron chi connectivity index (χ1n) is 4.49. The van der Waals surface area contributed by atoms with Crippen LogP contribution in [0.3, 0.4) is 0 Å². The minimum absolute atomic E-state index is 0.497. The van der Waals surface area contributed by atoms with Gasteiger partial charge >= 0.3 is 0 Å². The molecule has 0 atom stereocenters. The van der Waals surface area contributed by atoms with E-state index in [0.29, 0.717) is 5.41 Å². The predicted molar refractivity (Wildman–Crippen MR) is 53.5 cm³/mol. The van der Waals surface area contributed by atoms with Crippen molar-refractivity contribution in [2.75, 3.05) is 6.54 Å². The molecule has 0 radical (unpaired) electrons. The maximum atomic E-state index is 5.73. The number of hydrogen-bond donors (Lipinski definition) is 1. The average molecular weight is 181 g/mol. The highest BCUT2D eigenvalue weighted by atomic mass is 32.1. The summed E-state index contributed by atoms with van der Waals surface area (Å²) in [6.07, 6.45) is 3.88. The van der Waals surface area contributed by atoms with Crippen molar-refractivity contribution in [3.63, 3.8) is 0 Å². The zero-order valence-electron chi connectivity index (χ0n) is 7.47. The van der Waals surface area contributed by atoms with Gasteiger partial charge in [0.1, 0.15) is 0 Å². The van der Waals surface area contributed by atoms with Gasteiger partial charge < -0.3 is 5.73 Å². The molecule has 66 valence electrons. The van der Waals surface area contributed by atoms with Crippen LogP contribution in [-0.2, 0) is 6.42 Å². The van der Waals surface area contributed by atoms with Crippen LogP contribution in [0.25, 0.3) is 0 Å². The van der Waals surface area contributed by atoms with Gasteiger partial charge in [0.2, 0.25) is 0 Å². The summed E-state index contributed by atoms with van der Waals surface area (Å²) in [5.74, 6) is 0. The van der Waals surface area contributed by atoms with Crippen molar-refractivity contribution < 1.29 is 0 Å². The number of hydrogen-bond acceptors (Lipinski definition) is 2. The third-order valence-electron chi connectivity index (χ3n) is 2.74. The fourth-order valence-electron chi connectivity index (χ4n) is 1.58. The van der Waals surface area contributed by atoms with Crippen LogP contribution >= 0.6 is 11.3 Å². The first kappa shape index (κ1) is 8.27. The largest absolute Gasteiger partial charge is 0.330 e. The van der Waals surface area contributed by atoms with E-state index in [0.717, 1.165) is 6.54 Å². The molecule has 0 saturated heterocycles. The Morgan fingerprint density at radius 3 is 2.67 bits per heavy atom. The van der Waals surface area contributed by atoms with Gasteiger partial charge in [-0.25, -0.2) is 0 Å². The number of rotatable bonds is 3. The Morgan fingerprint density at radius 1 is 1.50 bits per heavy atom. The summed E-state index contributed by atoms with van der Waals surface area (Å²) in [5.41, 5.74) is 6.23. The monoisotopic (exact) mass is 181 g/mol. The Morgan fingerprint density at radius 2 is 2.25 bits per heavy atom. The molecule has 0 unspecified atom stereocenters. The smallest absolute Gasteiger partial charge is 0.00540 e. The van der Waals surface area contributed by atoms with Gasteiger partial charge in [-0.1, -0.05) is 0 Å². The predicted octanol–water partition coefficient (Wildman–Crippen LogP) is 2.34. The molecule has 0 amide bonds. The average Bonchev–Trinajstić information content (AvgIpc) is 2.71. The number of nitrogens with two attached hydrogens (primary N) is 1. The fourth-order valence-corrected chi connectivity index (χ4v) is 2.64. The second kappa shape index (κ2) is 2.86. The van der Waals surface area contributed by atoms with Crippen molar-refractivity contribution >= 4 is 11.3 Å². The van der Waals surface area contributed by atoms with Gasteiger partial charge in [-0.3, -0.25) is 0 Å². The van der Waals surface area contributed by atoms with E-state index in [1.807, 2.05) is 11.3 Å². The maximum Gasteiger partial charge on any atom is 0.00540 e. The lowest BCUT2D eigenvalue weighted by Gasteiger charge is -2.09. The second-order valence-corrected chi connectivity index (χ2v) is 5.27. The highest BCUT2D eigenvalue weighted by molar-refractivity contribution is 7.11. The van der Waals surface area contributed by atoms with Crippen LogP contribution in [0.2, 0.25) is 0 Å². The van der Waals surface area contributed by atoms with Gasteiger partial charge in [-0.15, -0.1) is 11.3 Å². The van der Waals surface area contributed by atoms with Gasteiger partial charge in [-0.05, 0) is 50.3 Å². The molecule has 1 saturated carbocycles. The van der Waals surface area contributed by atoms with E-state index < -0.39 is 0 Å². The number of thiophene rings is 1. The van der Waals surface area contributed by atoms with Crippen LogP contribution in [0.1, 0.15) is 22.6 Å². The van der Waals surface area contributed by atoms with Gasteiger partial charge in [0.15, 0.2) is 0 Å². The molecule has 1 aromatic heterocycles.